The van der Waals surface area contributed by atoms with Crippen LogP contribution in [0.3, 0.4) is 0 Å². The van der Waals surface area contributed by atoms with Crippen molar-refractivity contribution in [2.24, 2.45) is 0 Å². The molecular formula is C22H22ClN5O5. The molecule has 0 bridgehead atoms. The van der Waals surface area contributed by atoms with Crippen LogP contribution in [0.1, 0.15) is 6.92 Å². The van der Waals surface area contributed by atoms with Gasteiger partial charge in [0.15, 0.2) is 0 Å². The number of nitro benzene ring substituents is 1. The van der Waals surface area contributed by atoms with E-state index in [9.17, 15) is 24.5 Å². The normalized spacial score (nSPS) is 14.0. The highest BCUT2D eigenvalue weighted by Crippen LogP contribution is 2.31. The number of aromatic nitrogens is 2. The third-order valence-electron chi connectivity index (χ3n) is 5.85. The van der Waals surface area contributed by atoms with E-state index in [2.05, 4.69) is 0 Å². The summed E-state index contributed by atoms with van der Waals surface area (Å²) in [5, 5.41) is 12.1. The van der Waals surface area contributed by atoms with Crippen molar-refractivity contribution in [1.29, 1.82) is 0 Å². The van der Waals surface area contributed by atoms with Gasteiger partial charge in [0.2, 0.25) is 5.91 Å². The first-order valence-corrected chi connectivity index (χ1v) is 10.9. The predicted molar refractivity (Wildman–Crippen MR) is 125 cm³/mol. The fourth-order valence-corrected chi connectivity index (χ4v) is 4.31. The number of piperazine rings is 1. The Morgan fingerprint density at radius 2 is 1.76 bits per heavy atom. The maximum Gasteiger partial charge on any atom is 0.331 e. The molecule has 33 heavy (non-hydrogen) atoms. The van der Waals surface area contributed by atoms with Crippen molar-refractivity contribution in [1.82, 2.24) is 14.0 Å². The lowest BCUT2D eigenvalue weighted by atomic mass is 10.2. The van der Waals surface area contributed by atoms with E-state index in [4.69, 9.17) is 11.6 Å². The Labute approximate surface area is 193 Å². The molecule has 0 saturated carbocycles. The van der Waals surface area contributed by atoms with Crippen molar-refractivity contribution < 1.29 is 9.72 Å². The second-order valence-electron chi connectivity index (χ2n) is 7.69. The molecule has 11 heteroatoms. The molecule has 0 radical (unpaired) electrons. The highest BCUT2D eigenvalue weighted by Gasteiger charge is 2.27. The number of benzene rings is 2. The van der Waals surface area contributed by atoms with Gasteiger partial charge in [-0.3, -0.25) is 28.8 Å². The second-order valence-corrected chi connectivity index (χ2v) is 8.13. The van der Waals surface area contributed by atoms with E-state index < -0.39 is 10.6 Å². The van der Waals surface area contributed by atoms with E-state index in [0.717, 1.165) is 4.57 Å². The summed E-state index contributed by atoms with van der Waals surface area (Å²) in [6.07, 6.45) is 0. The second kappa shape index (κ2) is 9.07. The van der Waals surface area contributed by atoms with Gasteiger partial charge in [-0.05, 0) is 31.2 Å². The van der Waals surface area contributed by atoms with Crippen LogP contribution in [-0.2, 0) is 17.9 Å². The topological polar surface area (TPSA) is 111 Å². The summed E-state index contributed by atoms with van der Waals surface area (Å²) in [6, 6.07) is 11.3. The summed E-state index contributed by atoms with van der Waals surface area (Å²) in [7, 11) is 0. The largest absolute Gasteiger partial charge is 0.362 e. The van der Waals surface area contributed by atoms with Gasteiger partial charge in [-0.2, -0.15) is 0 Å². The molecule has 1 fully saturated rings. The molecule has 2 aromatic carbocycles. The van der Waals surface area contributed by atoms with Crippen molar-refractivity contribution in [3.63, 3.8) is 0 Å². The number of hydrogen-bond donors (Lipinski definition) is 0. The number of carbonyl (C=O) groups excluding carboxylic acids is 1. The third kappa shape index (κ3) is 4.21. The maximum atomic E-state index is 13.0. The first kappa shape index (κ1) is 22.5. The zero-order valence-electron chi connectivity index (χ0n) is 17.9. The maximum absolute atomic E-state index is 13.0. The van der Waals surface area contributed by atoms with Crippen LogP contribution in [0.25, 0.3) is 10.9 Å². The first-order valence-electron chi connectivity index (χ1n) is 10.5. The molecular weight excluding hydrogens is 450 g/mol. The highest BCUT2D eigenvalue weighted by atomic mass is 35.5. The number of amides is 1. The van der Waals surface area contributed by atoms with Crippen LogP contribution in [0, 0.1) is 10.1 Å². The minimum atomic E-state index is -0.523. The molecule has 2 heterocycles. The fourth-order valence-electron chi connectivity index (χ4n) is 4.14. The Morgan fingerprint density at radius 3 is 2.42 bits per heavy atom. The number of fused-ring (bicyclic) bond motifs is 1. The molecule has 1 amide bonds. The Hall–Kier alpha value is -3.66. The van der Waals surface area contributed by atoms with Gasteiger partial charge in [0.1, 0.15) is 12.2 Å². The van der Waals surface area contributed by atoms with E-state index in [1.807, 2.05) is 4.90 Å². The summed E-state index contributed by atoms with van der Waals surface area (Å²) in [4.78, 5) is 52.9. The van der Waals surface area contributed by atoms with E-state index in [1.165, 1.54) is 10.6 Å². The van der Waals surface area contributed by atoms with Crippen molar-refractivity contribution in [3.8, 4) is 0 Å². The zero-order chi connectivity index (χ0) is 23.7. The van der Waals surface area contributed by atoms with Crippen LogP contribution in [0.5, 0.6) is 0 Å². The minimum Gasteiger partial charge on any atom is -0.362 e. The standard InChI is InChI=1S/C22H22ClN5O5/c1-2-26-21(30)16-5-3-4-6-17(16)27(22(26)31)14-20(29)25-11-9-24(10-12-25)18-8-7-15(23)13-19(18)28(32)33/h3-8,13H,2,9-12,14H2,1H3. The van der Waals surface area contributed by atoms with Crippen molar-refractivity contribution >= 4 is 39.8 Å². The summed E-state index contributed by atoms with van der Waals surface area (Å²) >= 11 is 5.90. The SMILES string of the molecule is CCn1c(=O)c2ccccc2n(CC(=O)N2CCN(c3ccc(Cl)cc3[N+](=O)[O-])CC2)c1=O. The number of halogens is 1. The summed E-state index contributed by atoms with van der Waals surface area (Å²) in [5.41, 5.74) is -0.109. The number of rotatable bonds is 5. The molecule has 0 unspecified atom stereocenters. The van der Waals surface area contributed by atoms with Crippen LogP contribution in [0.4, 0.5) is 11.4 Å². The molecule has 1 aromatic heterocycles. The Kier molecular flexibility index (Phi) is 6.19. The van der Waals surface area contributed by atoms with Crippen molar-refractivity contribution in [2.45, 2.75) is 20.0 Å². The molecule has 1 aliphatic heterocycles. The third-order valence-corrected chi connectivity index (χ3v) is 6.08. The molecule has 0 N–H and O–H groups in total. The molecule has 0 aliphatic carbocycles. The molecule has 3 aromatic rings. The average Bonchev–Trinajstić information content (AvgIpc) is 2.82. The van der Waals surface area contributed by atoms with Gasteiger partial charge in [-0.15, -0.1) is 0 Å². The van der Waals surface area contributed by atoms with E-state index in [0.29, 0.717) is 42.8 Å². The minimum absolute atomic E-state index is 0.0814. The number of para-hydroxylation sites is 1. The van der Waals surface area contributed by atoms with E-state index in [-0.39, 0.29) is 35.3 Å². The number of nitrogens with zero attached hydrogens (tertiary/aromatic N) is 5. The number of anilines is 1. The monoisotopic (exact) mass is 471 g/mol. The van der Waals surface area contributed by atoms with E-state index in [1.54, 1.807) is 48.2 Å². The first-order chi connectivity index (χ1) is 15.8. The van der Waals surface area contributed by atoms with Gasteiger partial charge in [0, 0.05) is 43.8 Å². The van der Waals surface area contributed by atoms with Gasteiger partial charge < -0.3 is 9.80 Å². The van der Waals surface area contributed by atoms with Gasteiger partial charge in [0.05, 0.1) is 15.8 Å². The smallest absolute Gasteiger partial charge is 0.331 e. The molecule has 1 aliphatic rings. The summed E-state index contributed by atoms with van der Waals surface area (Å²) in [5.74, 6) is -0.256. The molecule has 0 spiro atoms. The summed E-state index contributed by atoms with van der Waals surface area (Å²) < 4.78 is 2.45. The Balaban J connectivity index is 1.55. The quantitative estimate of drug-likeness (QED) is 0.416. The predicted octanol–water partition coefficient (Wildman–Crippen LogP) is 2.09. The Bertz CT molecular complexity index is 1360. The number of nitro groups is 1. The van der Waals surface area contributed by atoms with Crippen LogP contribution in [0.15, 0.2) is 52.1 Å². The van der Waals surface area contributed by atoms with Crippen LogP contribution >= 0.6 is 11.6 Å². The number of carbonyl (C=O) groups is 1. The van der Waals surface area contributed by atoms with Crippen LogP contribution < -0.4 is 16.1 Å². The van der Waals surface area contributed by atoms with Gasteiger partial charge in [-0.25, -0.2) is 4.79 Å². The van der Waals surface area contributed by atoms with Crippen LogP contribution in [0.2, 0.25) is 5.02 Å². The molecule has 0 atom stereocenters. The lowest BCUT2D eigenvalue weighted by Gasteiger charge is -2.36. The lowest BCUT2D eigenvalue weighted by molar-refractivity contribution is -0.384. The fraction of sp³-hybridized carbons (Fsp3) is 0.318. The van der Waals surface area contributed by atoms with Gasteiger partial charge >= 0.3 is 5.69 Å². The Morgan fingerprint density at radius 1 is 1.06 bits per heavy atom. The zero-order valence-corrected chi connectivity index (χ0v) is 18.7. The highest BCUT2D eigenvalue weighted by molar-refractivity contribution is 6.30. The average molecular weight is 472 g/mol. The van der Waals surface area contributed by atoms with Gasteiger partial charge in [0.25, 0.3) is 11.2 Å². The van der Waals surface area contributed by atoms with Crippen molar-refractivity contribution in [2.75, 3.05) is 31.1 Å². The van der Waals surface area contributed by atoms with Gasteiger partial charge in [-0.1, -0.05) is 23.7 Å². The number of hydrogen-bond acceptors (Lipinski definition) is 6. The molecule has 4 rings (SSSR count). The molecule has 10 nitrogen and oxygen atoms in total. The molecule has 172 valence electrons. The summed E-state index contributed by atoms with van der Waals surface area (Å²) in [6.45, 7) is 3.21. The van der Waals surface area contributed by atoms with E-state index >= 15 is 0 Å². The van der Waals surface area contributed by atoms with Crippen LogP contribution in [-0.4, -0.2) is 51.0 Å². The molecule has 1 saturated heterocycles. The lowest BCUT2D eigenvalue weighted by Crippen LogP contribution is -2.51. The van der Waals surface area contributed by atoms with Crippen molar-refractivity contribution in [3.05, 3.63) is 78.4 Å².